The average molecular weight is 578 g/mol. The Bertz CT molecular complexity index is 414. The summed E-state index contributed by atoms with van der Waals surface area (Å²) in [6.07, 6.45) is 46.6. The lowest BCUT2D eigenvalue weighted by Gasteiger charge is -2.22. The van der Waals surface area contributed by atoms with Crippen LogP contribution in [0.15, 0.2) is 0 Å². The van der Waals surface area contributed by atoms with Crippen molar-refractivity contribution in [2.75, 3.05) is 19.6 Å². The highest BCUT2D eigenvalue weighted by Crippen LogP contribution is 2.16. The van der Waals surface area contributed by atoms with Gasteiger partial charge in [-0.1, -0.05) is 214 Å². The van der Waals surface area contributed by atoms with Gasteiger partial charge in [-0.2, -0.15) is 0 Å². The van der Waals surface area contributed by atoms with Crippen LogP contribution in [0.2, 0.25) is 0 Å². The van der Waals surface area contributed by atoms with Crippen molar-refractivity contribution in [3.8, 4) is 0 Å². The molecule has 0 bridgehead atoms. The van der Waals surface area contributed by atoms with E-state index in [1.54, 1.807) is 0 Å². The molecule has 1 nitrogen and oxygen atoms in total. The molecule has 1 heteroatoms. The SMILES string of the molecule is CCCCCCCCCCCCCCCN(CCCCCCCCCCCCCCC)CCCCCCCC(C)C. The molecule has 0 rings (SSSR count). The van der Waals surface area contributed by atoms with Gasteiger partial charge in [0.25, 0.3) is 0 Å². The summed E-state index contributed by atoms with van der Waals surface area (Å²) in [6, 6.07) is 0. The minimum Gasteiger partial charge on any atom is -0.303 e. The highest BCUT2D eigenvalue weighted by molar-refractivity contribution is 4.61. The van der Waals surface area contributed by atoms with Crippen molar-refractivity contribution in [2.45, 2.75) is 233 Å². The fourth-order valence-corrected chi connectivity index (χ4v) is 6.46. The number of nitrogens with zero attached hydrogens (tertiary/aromatic N) is 1. The zero-order valence-electron chi connectivity index (χ0n) is 29.8. The third-order valence-corrected chi connectivity index (χ3v) is 9.41. The van der Waals surface area contributed by atoms with Crippen LogP contribution in [0.1, 0.15) is 233 Å². The van der Waals surface area contributed by atoms with Crippen LogP contribution >= 0.6 is 0 Å². The average Bonchev–Trinajstić information content (AvgIpc) is 2.96. The largest absolute Gasteiger partial charge is 0.303 e. The number of hydrogen-bond donors (Lipinski definition) is 0. The van der Waals surface area contributed by atoms with E-state index in [1.165, 1.54) is 225 Å². The molecule has 0 aromatic carbocycles. The van der Waals surface area contributed by atoms with Crippen molar-refractivity contribution in [1.82, 2.24) is 4.90 Å². The van der Waals surface area contributed by atoms with Gasteiger partial charge in [-0.05, 0) is 44.8 Å². The van der Waals surface area contributed by atoms with Crippen molar-refractivity contribution in [1.29, 1.82) is 0 Å². The first-order valence-electron chi connectivity index (χ1n) is 19.9. The molecule has 0 saturated heterocycles. The molecule has 0 N–H and O–H groups in total. The molecule has 0 aromatic rings. The molecule has 0 atom stereocenters. The Morgan fingerprint density at radius 1 is 0.293 bits per heavy atom. The van der Waals surface area contributed by atoms with E-state index in [4.69, 9.17) is 0 Å². The van der Waals surface area contributed by atoms with E-state index in [0.717, 1.165) is 5.92 Å². The summed E-state index contributed by atoms with van der Waals surface area (Å²) in [5.41, 5.74) is 0. The first-order chi connectivity index (χ1) is 20.2. The van der Waals surface area contributed by atoms with E-state index in [2.05, 4.69) is 32.6 Å². The molecule has 0 fully saturated rings. The molecule has 0 aromatic heterocycles. The molecule has 248 valence electrons. The van der Waals surface area contributed by atoms with Gasteiger partial charge in [0.1, 0.15) is 0 Å². The monoisotopic (exact) mass is 578 g/mol. The zero-order valence-corrected chi connectivity index (χ0v) is 29.8. The second-order valence-electron chi connectivity index (χ2n) is 14.3. The molecule has 0 aliphatic carbocycles. The van der Waals surface area contributed by atoms with E-state index in [0.29, 0.717) is 0 Å². The first kappa shape index (κ1) is 41.0. The predicted molar refractivity (Wildman–Crippen MR) is 190 cm³/mol. The molecule has 0 spiro atoms. The van der Waals surface area contributed by atoms with Gasteiger partial charge < -0.3 is 4.90 Å². The van der Waals surface area contributed by atoms with Gasteiger partial charge in [0.05, 0.1) is 0 Å². The Morgan fingerprint density at radius 3 is 0.756 bits per heavy atom. The lowest BCUT2D eigenvalue weighted by molar-refractivity contribution is 0.254. The predicted octanol–water partition coefficient (Wildman–Crippen LogP) is 14.5. The number of rotatable bonds is 36. The molecule has 0 heterocycles. The van der Waals surface area contributed by atoms with Crippen molar-refractivity contribution >= 4 is 0 Å². The third-order valence-electron chi connectivity index (χ3n) is 9.41. The second-order valence-corrected chi connectivity index (χ2v) is 14.3. The van der Waals surface area contributed by atoms with E-state index in [9.17, 15) is 0 Å². The van der Waals surface area contributed by atoms with E-state index in [-0.39, 0.29) is 0 Å². The summed E-state index contributed by atoms with van der Waals surface area (Å²) >= 11 is 0. The molecule has 0 aliphatic heterocycles. The molecule has 0 saturated carbocycles. The Hall–Kier alpha value is -0.0400. The Balaban J connectivity index is 3.85. The Morgan fingerprint density at radius 2 is 0.512 bits per heavy atom. The lowest BCUT2D eigenvalue weighted by Crippen LogP contribution is -2.27. The Kier molecular flexibility index (Phi) is 36.1. The van der Waals surface area contributed by atoms with Gasteiger partial charge in [0.2, 0.25) is 0 Å². The number of hydrogen-bond acceptors (Lipinski definition) is 1. The summed E-state index contributed by atoms with van der Waals surface area (Å²) in [5, 5.41) is 0. The third kappa shape index (κ3) is 36.1. The second kappa shape index (κ2) is 36.2. The minimum absolute atomic E-state index is 0.881. The summed E-state index contributed by atoms with van der Waals surface area (Å²) < 4.78 is 0. The van der Waals surface area contributed by atoms with Crippen LogP contribution in [0.5, 0.6) is 0 Å². The normalized spacial score (nSPS) is 11.9. The zero-order chi connectivity index (χ0) is 29.9. The van der Waals surface area contributed by atoms with Gasteiger partial charge in [0.15, 0.2) is 0 Å². The van der Waals surface area contributed by atoms with E-state index in [1.807, 2.05) is 0 Å². The standard InChI is InChI=1S/C40H83N/c1-5-7-9-11-13-15-17-19-21-23-25-29-33-37-41(39-35-31-27-28-32-36-40(3)4)38-34-30-26-24-22-20-18-16-14-12-10-8-6-2/h40H,5-39H2,1-4H3. The molecule has 0 unspecified atom stereocenters. The summed E-state index contributed by atoms with van der Waals surface area (Å²) in [4.78, 5) is 2.85. The quantitative estimate of drug-likeness (QED) is 0.0669. The van der Waals surface area contributed by atoms with Crippen LogP contribution in [0, 0.1) is 5.92 Å². The fraction of sp³-hybridized carbons (Fsp3) is 1.00. The topological polar surface area (TPSA) is 3.24 Å². The van der Waals surface area contributed by atoms with Crippen LogP contribution in [-0.4, -0.2) is 24.5 Å². The molecule has 0 amide bonds. The maximum Gasteiger partial charge on any atom is -0.00187 e. The number of unbranched alkanes of at least 4 members (excludes halogenated alkanes) is 28. The van der Waals surface area contributed by atoms with Crippen molar-refractivity contribution in [3.05, 3.63) is 0 Å². The van der Waals surface area contributed by atoms with Gasteiger partial charge in [0, 0.05) is 0 Å². The molecule has 0 radical (unpaired) electrons. The molecular formula is C40H83N. The fourth-order valence-electron chi connectivity index (χ4n) is 6.46. The van der Waals surface area contributed by atoms with Crippen LogP contribution in [0.4, 0.5) is 0 Å². The highest BCUT2D eigenvalue weighted by atomic mass is 15.1. The maximum absolute atomic E-state index is 2.85. The van der Waals surface area contributed by atoms with Gasteiger partial charge in [-0.25, -0.2) is 0 Å². The van der Waals surface area contributed by atoms with Gasteiger partial charge in [-0.3, -0.25) is 0 Å². The highest BCUT2D eigenvalue weighted by Gasteiger charge is 2.05. The molecule has 41 heavy (non-hydrogen) atoms. The minimum atomic E-state index is 0.881. The van der Waals surface area contributed by atoms with Gasteiger partial charge >= 0.3 is 0 Å². The lowest BCUT2D eigenvalue weighted by atomic mass is 10.0. The van der Waals surface area contributed by atoms with Crippen molar-refractivity contribution < 1.29 is 0 Å². The van der Waals surface area contributed by atoms with Crippen molar-refractivity contribution in [2.24, 2.45) is 5.92 Å². The van der Waals surface area contributed by atoms with E-state index < -0.39 is 0 Å². The maximum atomic E-state index is 2.85. The summed E-state index contributed by atoms with van der Waals surface area (Å²) in [5.74, 6) is 0.881. The van der Waals surface area contributed by atoms with Crippen molar-refractivity contribution in [3.63, 3.8) is 0 Å². The summed E-state index contributed by atoms with van der Waals surface area (Å²) in [6.45, 7) is 13.5. The summed E-state index contributed by atoms with van der Waals surface area (Å²) in [7, 11) is 0. The van der Waals surface area contributed by atoms with E-state index >= 15 is 0 Å². The molecular weight excluding hydrogens is 494 g/mol. The molecule has 0 aliphatic rings. The first-order valence-corrected chi connectivity index (χ1v) is 19.9. The van der Waals surface area contributed by atoms with Gasteiger partial charge in [-0.15, -0.1) is 0 Å². The van der Waals surface area contributed by atoms with Crippen LogP contribution in [0.25, 0.3) is 0 Å². The van der Waals surface area contributed by atoms with Crippen LogP contribution in [0.3, 0.4) is 0 Å². The smallest absolute Gasteiger partial charge is 0.00187 e. The van der Waals surface area contributed by atoms with Crippen LogP contribution in [-0.2, 0) is 0 Å². The van der Waals surface area contributed by atoms with Crippen LogP contribution < -0.4 is 0 Å². The Labute approximate surface area is 263 Å².